The Hall–Kier alpha value is -3.46. The molecule has 2 aromatic heterocycles. The van der Waals surface area contributed by atoms with Crippen molar-refractivity contribution in [2.45, 2.75) is 31.8 Å². The number of rotatable bonds is 8. The minimum atomic E-state index is -0.812. The van der Waals surface area contributed by atoms with Gasteiger partial charge in [-0.3, -0.25) is 9.59 Å². The van der Waals surface area contributed by atoms with Crippen LogP contribution in [0.15, 0.2) is 73.2 Å². The number of amides is 2. The molecule has 0 saturated heterocycles. The van der Waals surface area contributed by atoms with Gasteiger partial charge in [-0.25, -0.2) is 4.98 Å². The van der Waals surface area contributed by atoms with Crippen molar-refractivity contribution in [3.8, 4) is 0 Å². The first-order chi connectivity index (χ1) is 18.4. The van der Waals surface area contributed by atoms with Crippen LogP contribution < -0.4 is 10.6 Å². The number of carbonyl (C=O) groups is 2. The summed E-state index contributed by atoms with van der Waals surface area (Å²) in [5.41, 5.74) is 5.17. The van der Waals surface area contributed by atoms with Crippen molar-refractivity contribution in [2.75, 3.05) is 25.5 Å². The van der Waals surface area contributed by atoms with E-state index in [1.54, 1.807) is 18.5 Å². The van der Waals surface area contributed by atoms with E-state index in [2.05, 4.69) is 51.8 Å². The molecule has 9 heteroatoms. The summed E-state index contributed by atoms with van der Waals surface area (Å²) in [5, 5.41) is 5.93. The second kappa shape index (κ2) is 11.9. The lowest BCUT2D eigenvalue weighted by molar-refractivity contribution is -0.118. The fourth-order valence-corrected chi connectivity index (χ4v) is 5.57. The van der Waals surface area contributed by atoms with Crippen LogP contribution in [0.4, 0.5) is 5.69 Å². The van der Waals surface area contributed by atoms with Crippen LogP contribution in [0, 0.1) is 0 Å². The van der Waals surface area contributed by atoms with E-state index in [4.69, 9.17) is 11.6 Å². The predicted octanol–water partition coefficient (Wildman–Crippen LogP) is 4.66. The van der Waals surface area contributed by atoms with Crippen molar-refractivity contribution >= 4 is 40.4 Å². The Morgan fingerprint density at radius 3 is 2.61 bits per heavy atom. The average molecular weight is 548 g/mol. The van der Waals surface area contributed by atoms with Gasteiger partial charge < -0.3 is 20.1 Å². The van der Waals surface area contributed by atoms with Gasteiger partial charge in [-0.05, 0) is 60.8 Å². The van der Waals surface area contributed by atoms with Crippen molar-refractivity contribution < 1.29 is 9.59 Å². The number of benzene rings is 2. The lowest BCUT2D eigenvalue weighted by atomic mass is 10.0. The molecular formula is C29H30ClN5O2S. The first-order valence-corrected chi connectivity index (χ1v) is 13.8. The second-order valence-corrected chi connectivity index (χ2v) is 11.3. The molecule has 0 fully saturated rings. The summed E-state index contributed by atoms with van der Waals surface area (Å²) in [6.07, 6.45) is 5.86. The summed E-state index contributed by atoms with van der Waals surface area (Å²) in [6.45, 7) is 2.68. The van der Waals surface area contributed by atoms with Gasteiger partial charge in [0.25, 0.3) is 5.91 Å². The summed E-state index contributed by atoms with van der Waals surface area (Å²) in [5.74, 6) is -0.625. The van der Waals surface area contributed by atoms with E-state index in [0.29, 0.717) is 15.8 Å². The number of halogens is 1. The van der Waals surface area contributed by atoms with E-state index < -0.39 is 6.04 Å². The van der Waals surface area contributed by atoms with Gasteiger partial charge in [0.1, 0.15) is 6.04 Å². The topological polar surface area (TPSA) is 79.3 Å². The van der Waals surface area contributed by atoms with Crippen LogP contribution in [0.5, 0.6) is 0 Å². The van der Waals surface area contributed by atoms with Gasteiger partial charge in [0, 0.05) is 37.9 Å². The Labute approximate surface area is 231 Å². The third-order valence-corrected chi connectivity index (χ3v) is 7.96. The number of carbonyl (C=O) groups excluding carboxylic acids is 2. The number of anilines is 1. The third-order valence-electron chi connectivity index (χ3n) is 6.73. The molecule has 2 N–H and O–H groups in total. The fourth-order valence-electron chi connectivity index (χ4n) is 4.62. The minimum absolute atomic E-state index is 0.258. The molecule has 2 aromatic carbocycles. The molecule has 1 unspecified atom stereocenters. The van der Waals surface area contributed by atoms with E-state index in [1.807, 2.05) is 35.0 Å². The highest BCUT2D eigenvalue weighted by atomic mass is 35.5. The first kappa shape index (κ1) is 26.2. The highest BCUT2D eigenvalue weighted by molar-refractivity contribution is 7.18. The molecule has 196 valence electrons. The molecule has 0 spiro atoms. The Morgan fingerprint density at radius 1 is 1.05 bits per heavy atom. The standard InChI is InChI=1S/C29H30ClN5O2S/c1-34-13-11-21-7-8-23(15-22(21)12-14-34)32-28(36)25(33-29(37)26-9-10-27(30)38-26)16-24-18-35(19-31-24)17-20-5-3-2-4-6-20/h2-10,15,18-19,25H,11-14,16-17H2,1H3,(H,32,36)(H,33,37). The normalized spacial score (nSPS) is 14.4. The second-order valence-electron chi connectivity index (χ2n) is 9.63. The van der Waals surface area contributed by atoms with Gasteiger partial charge in [-0.2, -0.15) is 0 Å². The van der Waals surface area contributed by atoms with E-state index >= 15 is 0 Å². The van der Waals surface area contributed by atoms with Gasteiger partial charge in [0.2, 0.25) is 5.91 Å². The number of thiophene rings is 1. The molecule has 1 atom stereocenters. The molecule has 38 heavy (non-hydrogen) atoms. The molecule has 7 nitrogen and oxygen atoms in total. The number of fused-ring (bicyclic) bond motifs is 1. The maximum Gasteiger partial charge on any atom is 0.262 e. The van der Waals surface area contributed by atoms with Gasteiger partial charge >= 0.3 is 0 Å². The van der Waals surface area contributed by atoms with Gasteiger partial charge in [-0.1, -0.05) is 48.0 Å². The molecule has 0 saturated carbocycles. The first-order valence-electron chi connectivity index (χ1n) is 12.6. The zero-order valence-corrected chi connectivity index (χ0v) is 22.8. The molecule has 5 rings (SSSR count). The molecule has 1 aliphatic rings. The molecule has 0 bridgehead atoms. The number of hydrogen-bond donors (Lipinski definition) is 2. The van der Waals surface area contributed by atoms with Crippen molar-refractivity contribution in [3.05, 3.63) is 105 Å². The summed E-state index contributed by atoms with van der Waals surface area (Å²) in [6, 6.07) is 18.7. The molecular weight excluding hydrogens is 518 g/mol. The van der Waals surface area contributed by atoms with Crippen LogP contribution in [0.2, 0.25) is 4.34 Å². The van der Waals surface area contributed by atoms with Crippen molar-refractivity contribution in [3.63, 3.8) is 0 Å². The fraction of sp³-hybridized carbons (Fsp3) is 0.276. The van der Waals surface area contributed by atoms with Crippen molar-refractivity contribution in [1.29, 1.82) is 0 Å². The lowest BCUT2D eigenvalue weighted by Gasteiger charge is -2.18. The van der Waals surface area contributed by atoms with Crippen LogP contribution in [0.1, 0.15) is 32.1 Å². The predicted molar refractivity (Wildman–Crippen MR) is 152 cm³/mol. The van der Waals surface area contributed by atoms with Crippen LogP contribution in [-0.4, -0.2) is 52.4 Å². The van der Waals surface area contributed by atoms with Gasteiger partial charge in [-0.15, -0.1) is 11.3 Å². The third kappa shape index (κ3) is 6.69. The molecule has 4 aromatic rings. The van der Waals surface area contributed by atoms with Crippen molar-refractivity contribution in [1.82, 2.24) is 19.8 Å². The highest BCUT2D eigenvalue weighted by Crippen LogP contribution is 2.23. The SMILES string of the molecule is CN1CCc2ccc(NC(=O)C(Cc3cn(Cc4ccccc4)cn3)NC(=O)c3ccc(Cl)s3)cc2CC1. The monoisotopic (exact) mass is 547 g/mol. The summed E-state index contributed by atoms with van der Waals surface area (Å²) < 4.78 is 2.50. The quantitative estimate of drug-likeness (QED) is 0.336. The van der Waals surface area contributed by atoms with E-state index in [9.17, 15) is 9.59 Å². The zero-order valence-electron chi connectivity index (χ0n) is 21.2. The van der Waals surface area contributed by atoms with E-state index in [0.717, 1.165) is 42.9 Å². The maximum absolute atomic E-state index is 13.5. The maximum atomic E-state index is 13.5. The summed E-state index contributed by atoms with van der Waals surface area (Å²) >= 11 is 7.21. The number of imidazole rings is 1. The Kier molecular flexibility index (Phi) is 8.22. The molecule has 1 aliphatic heterocycles. The van der Waals surface area contributed by atoms with Gasteiger partial charge in [0.15, 0.2) is 0 Å². The Balaban J connectivity index is 1.32. The lowest BCUT2D eigenvalue weighted by Crippen LogP contribution is -2.45. The molecule has 0 radical (unpaired) electrons. The van der Waals surface area contributed by atoms with Crippen molar-refractivity contribution in [2.24, 2.45) is 0 Å². The Bertz CT molecular complexity index is 1420. The minimum Gasteiger partial charge on any atom is -0.339 e. The molecule has 2 amide bonds. The van der Waals surface area contributed by atoms with Crippen LogP contribution in [0.25, 0.3) is 0 Å². The average Bonchev–Trinajstić information content (AvgIpc) is 3.50. The summed E-state index contributed by atoms with van der Waals surface area (Å²) in [7, 11) is 2.13. The molecule has 3 heterocycles. The van der Waals surface area contributed by atoms with Gasteiger partial charge in [0.05, 0.1) is 21.2 Å². The van der Waals surface area contributed by atoms with E-state index in [1.165, 1.54) is 22.5 Å². The molecule has 0 aliphatic carbocycles. The number of aromatic nitrogens is 2. The largest absolute Gasteiger partial charge is 0.339 e. The van der Waals surface area contributed by atoms with Crippen LogP contribution >= 0.6 is 22.9 Å². The van der Waals surface area contributed by atoms with Crippen LogP contribution in [-0.2, 0) is 30.6 Å². The number of hydrogen-bond acceptors (Lipinski definition) is 5. The zero-order chi connectivity index (χ0) is 26.5. The number of nitrogens with zero attached hydrogens (tertiary/aromatic N) is 3. The van der Waals surface area contributed by atoms with E-state index in [-0.39, 0.29) is 18.2 Å². The van der Waals surface area contributed by atoms with Crippen LogP contribution in [0.3, 0.4) is 0 Å². The number of nitrogens with one attached hydrogen (secondary N) is 2. The highest BCUT2D eigenvalue weighted by Gasteiger charge is 2.24. The number of likely N-dealkylation sites (N-methyl/N-ethyl adjacent to an activating group) is 1. The smallest absolute Gasteiger partial charge is 0.262 e. The summed E-state index contributed by atoms with van der Waals surface area (Å²) in [4.78, 5) is 33.7. The Morgan fingerprint density at radius 2 is 1.84 bits per heavy atom.